The van der Waals surface area contributed by atoms with Crippen LogP contribution in [0.5, 0.6) is 0 Å². The van der Waals surface area contributed by atoms with Crippen molar-refractivity contribution in [3.8, 4) is 0 Å². The summed E-state index contributed by atoms with van der Waals surface area (Å²) in [4.78, 5) is 0. The van der Waals surface area contributed by atoms with Gasteiger partial charge in [-0.05, 0) is 0 Å². The molecule has 0 unspecified atom stereocenters. The predicted molar refractivity (Wildman–Crippen MR) is 56.5 cm³/mol. The van der Waals surface area contributed by atoms with Crippen molar-refractivity contribution in [2.24, 2.45) is 0 Å². The van der Waals surface area contributed by atoms with Gasteiger partial charge in [0.1, 0.15) is 0 Å². The van der Waals surface area contributed by atoms with E-state index >= 15 is 0 Å². The van der Waals surface area contributed by atoms with Crippen LogP contribution in [-0.2, 0) is 0 Å². The first-order valence-electron chi connectivity index (χ1n) is 3.00. The van der Waals surface area contributed by atoms with Crippen LogP contribution in [0.1, 0.15) is 38.5 Å². The standard InChI is InChI=1S/C6H12.5Te/c1-2-4-6-5-3-1;;;;;/h1-6H2;;;;;. The minimum absolute atomic E-state index is 0. The number of rotatable bonds is 0. The Balaban J connectivity index is -0.0000000240. The minimum Gasteiger partial charge on any atom is -0.0533 e. The summed E-state index contributed by atoms with van der Waals surface area (Å²) in [5, 5.41) is 0. The Morgan fingerprint density at radius 1 is 0.273 bits per heavy atom. The second-order valence-electron chi connectivity index (χ2n) is 2.12. The van der Waals surface area contributed by atoms with Crippen LogP contribution < -0.4 is 0 Å². The van der Waals surface area contributed by atoms with Crippen molar-refractivity contribution in [1.82, 2.24) is 0 Å². The van der Waals surface area contributed by atoms with Gasteiger partial charge >= 0.3 is 0 Å². The van der Waals surface area contributed by atoms with Crippen LogP contribution >= 0.6 is 0 Å². The molecular weight excluding hydrogens is 710 g/mol. The summed E-state index contributed by atoms with van der Waals surface area (Å²) in [5.74, 6) is 0. The van der Waals surface area contributed by atoms with E-state index in [1.807, 2.05) is 0 Å². The molecule has 11 heavy (non-hydrogen) atoms. The van der Waals surface area contributed by atoms with Crippen LogP contribution in [0.4, 0.5) is 0 Å². The Kier molecular flexibility index (Phi) is 63.1. The molecule has 1 fully saturated rings. The van der Waals surface area contributed by atoms with Gasteiger partial charge in [-0.1, -0.05) is 38.5 Å². The first-order valence-corrected chi connectivity index (χ1v) is 3.00. The Hall–Kier alpha value is 3.95. The molecule has 0 bridgehead atoms. The van der Waals surface area contributed by atoms with Crippen LogP contribution in [0.2, 0.25) is 0 Å². The van der Waals surface area contributed by atoms with Gasteiger partial charge in [-0.25, -0.2) is 0 Å². The third kappa shape index (κ3) is 20.1. The fourth-order valence-electron chi connectivity index (χ4n) is 1.06. The molecule has 0 atom stereocenters. The Morgan fingerprint density at radius 3 is 0.455 bits per heavy atom. The molecule has 0 aliphatic heterocycles. The van der Waals surface area contributed by atoms with Gasteiger partial charge in [0.25, 0.3) is 0 Å². The Morgan fingerprint density at radius 2 is 0.364 bits per heavy atom. The molecule has 0 aromatic heterocycles. The fourth-order valence-corrected chi connectivity index (χ4v) is 1.06. The van der Waals surface area contributed by atoms with Crippen LogP contribution in [0.25, 0.3) is 0 Å². The summed E-state index contributed by atoms with van der Waals surface area (Å²) < 4.78 is 0. The molecule has 1 saturated carbocycles. The summed E-state index contributed by atoms with van der Waals surface area (Å²) in [6, 6.07) is 0. The second-order valence-corrected chi connectivity index (χ2v) is 2.12. The molecule has 66 valence electrons. The van der Waals surface area contributed by atoms with E-state index < -0.39 is 0 Å². The van der Waals surface area contributed by atoms with Crippen LogP contribution in [-0.4, -0.2) is 118 Å². The van der Waals surface area contributed by atoms with Gasteiger partial charge in [0.05, 0.1) is 0 Å². The largest absolute Gasteiger partial charge is 0.0533 e. The van der Waals surface area contributed by atoms with Crippen LogP contribution in [0.3, 0.4) is 0 Å². The summed E-state index contributed by atoms with van der Waals surface area (Å²) >= 11 is 0. The maximum atomic E-state index is 1.50. The molecule has 1 aliphatic rings. The van der Waals surface area contributed by atoms with E-state index in [2.05, 4.69) is 0 Å². The summed E-state index contributed by atoms with van der Waals surface area (Å²) in [7, 11) is 0. The predicted octanol–water partition coefficient (Wildman–Crippen LogP) is 0.437. The molecule has 5 heteroatoms. The number of hydrogen-bond acceptors (Lipinski definition) is 0. The maximum absolute atomic E-state index is 1.50. The van der Waals surface area contributed by atoms with Crippen molar-refractivity contribution in [2.45, 2.75) is 38.5 Å². The Bertz CT molecular complexity index is 26.4. The molecule has 0 aromatic carbocycles. The first kappa shape index (κ1) is 29.4. The molecule has 0 aromatic rings. The molecule has 10 radical (unpaired) electrons. The van der Waals surface area contributed by atoms with E-state index in [0.717, 1.165) is 0 Å². The SMILES string of the molecule is C1CCCCC1.[Te].[Te].[Te].[Te].[Te]. The zero-order valence-corrected chi connectivity index (χ0v) is 17.9. The van der Waals surface area contributed by atoms with E-state index in [9.17, 15) is 0 Å². The molecule has 0 spiro atoms. The van der Waals surface area contributed by atoms with Crippen molar-refractivity contribution in [2.75, 3.05) is 0 Å². The van der Waals surface area contributed by atoms with Crippen molar-refractivity contribution >= 4 is 118 Å². The van der Waals surface area contributed by atoms with Crippen molar-refractivity contribution in [3.05, 3.63) is 0 Å². The Labute approximate surface area is 154 Å². The second kappa shape index (κ2) is 23.6. The average molecular weight is 722 g/mol. The molecule has 1 aliphatic carbocycles. The van der Waals surface area contributed by atoms with Gasteiger partial charge in [-0.15, -0.1) is 0 Å². The molecule has 0 nitrogen and oxygen atoms in total. The molecule has 0 saturated heterocycles. The topological polar surface area (TPSA) is 0 Å². The summed E-state index contributed by atoms with van der Waals surface area (Å²) in [6.07, 6.45) is 9.00. The smallest absolute Gasteiger partial charge is 0 e. The van der Waals surface area contributed by atoms with E-state index in [0.29, 0.717) is 0 Å². The zero-order chi connectivity index (χ0) is 4.24. The average Bonchev–Trinajstić information content (AvgIpc) is 1.72. The number of hydrogen-bond donors (Lipinski definition) is 0. The van der Waals surface area contributed by atoms with Gasteiger partial charge in [0.2, 0.25) is 0 Å². The van der Waals surface area contributed by atoms with Gasteiger partial charge in [0, 0.05) is 118 Å². The molecular formula is C6H12Te5. The fraction of sp³-hybridized carbons (Fsp3) is 1.00. The molecule has 0 heterocycles. The van der Waals surface area contributed by atoms with E-state index in [4.69, 9.17) is 0 Å². The monoisotopic (exact) mass is 734 g/mol. The third-order valence-corrected chi connectivity index (χ3v) is 1.50. The van der Waals surface area contributed by atoms with E-state index in [1.54, 1.807) is 0 Å². The van der Waals surface area contributed by atoms with Crippen molar-refractivity contribution < 1.29 is 0 Å². The van der Waals surface area contributed by atoms with Gasteiger partial charge in [-0.3, -0.25) is 0 Å². The molecule has 1 rings (SSSR count). The minimum atomic E-state index is 0. The first-order chi connectivity index (χ1) is 3.00. The normalized spacial score (nSPS) is 13.1. The maximum Gasteiger partial charge on any atom is 0 e. The van der Waals surface area contributed by atoms with E-state index in [-0.39, 0.29) is 118 Å². The molecule has 0 amide bonds. The van der Waals surface area contributed by atoms with Gasteiger partial charge < -0.3 is 0 Å². The third-order valence-electron chi connectivity index (χ3n) is 1.50. The van der Waals surface area contributed by atoms with Gasteiger partial charge in [-0.2, -0.15) is 0 Å². The zero-order valence-electron chi connectivity index (χ0n) is 6.28. The van der Waals surface area contributed by atoms with Gasteiger partial charge in [0.15, 0.2) is 0 Å². The van der Waals surface area contributed by atoms with Crippen LogP contribution in [0, 0.1) is 0 Å². The van der Waals surface area contributed by atoms with Crippen molar-refractivity contribution in [1.29, 1.82) is 0 Å². The summed E-state index contributed by atoms with van der Waals surface area (Å²) in [5.41, 5.74) is 0. The van der Waals surface area contributed by atoms with Crippen LogP contribution in [0.15, 0.2) is 0 Å². The van der Waals surface area contributed by atoms with Crippen molar-refractivity contribution in [3.63, 3.8) is 0 Å². The summed E-state index contributed by atoms with van der Waals surface area (Å²) in [6.45, 7) is 0. The van der Waals surface area contributed by atoms with E-state index in [1.165, 1.54) is 38.5 Å². The molecule has 0 N–H and O–H groups in total. The quantitative estimate of drug-likeness (QED) is 0.319.